The van der Waals surface area contributed by atoms with E-state index in [2.05, 4.69) is 4.98 Å². The number of H-pyrrole nitrogens is 1. The Morgan fingerprint density at radius 3 is 2.58 bits per heavy atom. The minimum atomic E-state index is -0.620. The number of ether oxygens (including phenoxy) is 1. The fourth-order valence-electron chi connectivity index (χ4n) is 1.82. The number of hydrogen-bond donors (Lipinski definition) is 1. The number of pyridine rings is 1. The van der Waals surface area contributed by atoms with Crippen LogP contribution in [0.15, 0.2) is 29.2 Å². The van der Waals surface area contributed by atoms with Gasteiger partial charge in [0.25, 0.3) is 0 Å². The molecule has 0 aliphatic carbocycles. The summed E-state index contributed by atoms with van der Waals surface area (Å²) < 4.78 is 5.22. The highest BCUT2D eigenvalue weighted by molar-refractivity contribution is 5.93. The van der Waals surface area contributed by atoms with E-state index in [-0.39, 0.29) is 11.0 Å². The maximum absolute atomic E-state index is 12.3. The van der Waals surface area contributed by atoms with Gasteiger partial charge in [-0.25, -0.2) is 4.79 Å². The Bertz CT molecular complexity index is 693. The minimum absolute atomic E-state index is 0.0352. The number of carbonyl (C=O) groups excluding carboxylic acids is 1. The van der Waals surface area contributed by atoms with Gasteiger partial charge in [0.1, 0.15) is 11.2 Å². The molecule has 2 aromatic rings. The molecule has 0 atom stereocenters. The zero-order valence-electron chi connectivity index (χ0n) is 11.5. The minimum Gasteiger partial charge on any atom is -0.456 e. The molecule has 0 bridgehead atoms. The summed E-state index contributed by atoms with van der Waals surface area (Å²) in [6, 6.07) is 5.50. The molecule has 2 rings (SSSR count). The molecule has 100 valence electrons. The molecule has 4 heteroatoms. The molecular formula is C15H17NO3. The van der Waals surface area contributed by atoms with Crippen molar-refractivity contribution in [1.29, 1.82) is 0 Å². The van der Waals surface area contributed by atoms with Gasteiger partial charge in [-0.2, -0.15) is 0 Å². The smallest absolute Gasteiger partial charge is 0.344 e. The van der Waals surface area contributed by atoms with Crippen molar-refractivity contribution in [3.63, 3.8) is 0 Å². The fourth-order valence-corrected chi connectivity index (χ4v) is 1.82. The Balaban J connectivity index is 2.54. The van der Waals surface area contributed by atoms with Crippen LogP contribution in [-0.4, -0.2) is 16.6 Å². The molecule has 0 aliphatic rings. The van der Waals surface area contributed by atoms with Gasteiger partial charge in [-0.1, -0.05) is 11.6 Å². The molecule has 4 nitrogen and oxygen atoms in total. The number of benzene rings is 1. The molecule has 1 heterocycles. The summed E-state index contributed by atoms with van der Waals surface area (Å²) in [7, 11) is 0. The van der Waals surface area contributed by atoms with Crippen LogP contribution in [0.3, 0.4) is 0 Å². The summed E-state index contributed by atoms with van der Waals surface area (Å²) in [5.41, 5.74) is 0.799. The van der Waals surface area contributed by atoms with Gasteiger partial charge in [-0.15, -0.1) is 0 Å². The molecule has 0 fully saturated rings. The van der Waals surface area contributed by atoms with Crippen LogP contribution in [-0.2, 0) is 4.74 Å². The monoisotopic (exact) mass is 259 g/mol. The largest absolute Gasteiger partial charge is 0.456 e. The van der Waals surface area contributed by atoms with E-state index >= 15 is 0 Å². The maximum atomic E-state index is 12.3. The van der Waals surface area contributed by atoms with Gasteiger partial charge in [0.2, 0.25) is 5.43 Å². The molecule has 0 radical (unpaired) electrons. The van der Waals surface area contributed by atoms with Crippen LogP contribution in [0, 0.1) is 6.92 Å². The number of esters is 1. The molecule has 0 amide bonds. The second-order valence-electron chi connectivity index (χ2n) is 5.58. The van der Waals surface area contributed by atoms with Crippen LogP contribution < -0.4 is 5.43 Å². The van der Waals surface area contributed by atoms with Crippen molar-refractivity contribution in [3.05, 3.63) is 45.7 Å². The second-order valence-corrected chi connectivity index (χ2v) is 5.58. The number of fused-ring (bicyclic) bond motifs is 1. The maximum Gasteiger partial charge on any atom is 0.344 e. The first-order valence-corrected chi connectivity index (χ1v) is 6.13. The predicted octanol–water partition coefficient (Wildman–Crippen LogP) is 2.79. The lowest BCUT2D eigenvalue weighted by Gasteiger charge is -2.19. The number of aromatic nitrogens is 1. The highest BCUT2D eigenvalue weighted by Crippen LogP contribution is 2.13. The van der Waals surface area contributed by atoms with Gasteiger partial charge in [0, 0.05) is 17.1 Å². The van der Waals surface area contributed by atoms with Gasteiger partial charge >= 0.3 is 5.97 Å². The lowest BCUT2D eigenvalue weighted by atomic mass is 10.1. The zero-order valence-corrected chi connectivity index (χ0v) is 11.5. The first kappa shape index (κ1) is 13.3. The van der Waals surface area contributed by atoms with E-state index in [1.807, 2.05) is 19.1 Å². The SMILES string of the molecule is Cc1ccc2[nH]cc(C(=O)OC(C)(C)C)c(=O)c2c1. The van der Waals surface area contributed by atoms with Crippen molar-refractivity contribution in [2.75, 3.05) is 0 Å². The normalized spacial score (nSPS) is 11.6. The molecule has 0 unspecified atom stereocenters. The third kappa shape index (κ3) is 2.84. The van der Waals surface area contributed by atoms with E-state index < -0.39 is 11.6 Å². The van der Waals surface area contributed by atoms with Crippen molar-refractivity contribution in [1.82, 2.24) is 4.98 Å². The molecule has 1 aromatic heterocycles. The Labute approximate surface area is 111 Å². The molecule has 0 saturated carbocycles. The summed E-state index contributed by atoms with van der Waals surface area (Å²) in [5, 5.41) is 0.503. The summed E-state index contributed by atoms with van der Waals surface area (Å²) in [5.74, 6) is -0.600. The van der Waals surface area contributed by atoms with Gasteiger partial charge in [-0.3, -0.25) is 4.79 Å². The molecule has 1 aromatic carbocycles. The first-order chi connectivity index (χ1) is 8.78. The van der Waals surface area contributed by atoms with Crippen LogP contribution in [0.4, 0.5) is 0 Å². The summed E-state index contributed by atoms with van der Waals surface area (Å²) in [4.78, 5) is 27.2. The molecule has 1 N–H and O–H groups in total. The van der Waals surface area contributed by atoms with E-state index in [1.54, 1.807) is 26.8 Å². The van der Waals surface area contributed by atoms with Crippen LogP contribution in [0.1, 0.15) is 36.7 Å². The zero-order chi connectivity index (χ0) is 14.2. The fraction of sp³-hybridized carbons (Fsp3) is 0.333. The average molecular weight is 259 g/mol. The lowest BCUT2D eigenvalue weighted by molar-refractivity contribution is 0.00679. The first-order valence-electron chi connectivity index (χ1n) is 6.13. The molecular weight excluding hydrogens is 242 g/mol. The standard InChI is InChI=1S/C15H17NO3/c1-9-5-6-12-10(7-9)13(17)11(8-16-12)14(18)19-15(2,3)4/h5-8H,1-4H3,(H,16,17). The van der Waals surface area contributed by atoms with Gasteiger partial charge in [0.15, 0.2) is 0 Å². The summed E-state index contributed by atoms with van der Waals surface area (Å²) in [6.07, 6.45) is 1.41. The number of aromatic amines is 1. The summed E-state index contributed by atoms with van der Waals surface area (Å²) >= 11 is 0. The molecule has 0 saturated heterocycles. The van der Waals surface area contributed by atoms with Gasteiger partial charge in [-0.05, 0) is 39.8 Å². The average Bonchev–Trinajstić information content (AvgIpc) is 2.28. The molecule has 0 aliphatic heterocycles. The molecule has 19 heavy (non-hydrogen) atoms. The van der Waals surface area contributed by atoms with E-state index in [9.17, 15) is 9.59 Å². The third-order valence-corrected chi connectivity index (χ3v) is 2.66. The van der Waals surface area contributed by atoms with Gasteiger partial charge in [0.05, 0.1) is 0 Å². The van der Waals surface area contributed by atoms with Crippen LogP contribution >= 0.6 is 0 Å². The Morgan fingerprint density at radius 2 is 1.95 bits per heavy atom. The predicted molar refractivity (Wildman–Crippen MR) is 74.5 cm³/mol. The molecule has 0 spiro atoms. The Kier molecular flexibility index (Phi) is 3.18. The van der Waals surface area contributed by atoms with Crippen LogP contribution in [0.2, 0.25) is 0 Å². The number of rotatable bonds is 1. The lowest BCUT2D eigenvalue weighted by Crippen LogP contribution is -2.27. The van der Waals surface area contributed by atoms with Crippen molar-refractivity contribution < 1.29 is 9.53 Å². The van der Waals surface area contributed by atoms with Crippen molar-refractivity contribution in [3.8, 4) is 0 Å². The Hall–Kier alpha value is -2.10. The number of aryl methyl sites for hydroxylation is 1. The van der Waals surface area contributed by atoms with Crippen molar-refractivity contribution >= 4 is 16.9 Å². The van der Waals surface area contributed by atoms with Crippen molar-refractivity contribution in [2.24, 2.45) is 0 Å². The number of carbonyl (C=O) groups is 1. The number of nitrogens with one attached hydrogen (secondary N) is 1. The van der Waals surface area contributed by atoms with E-state index in [0.717, 1.165) is 5.56 Å². The second kappa shape index (κ2) is 4.53. The van der Waals surface area contributed by atoms with E-state index in [0.29, 0.717) is 10.9 Å². The van der Waals surface area contributed by atoms with E-state index in [4.69, 9.17) is 4.74 Å². The summed E-state index contributed by atoms with van der Waals surface area (Å²) in [6.45, 7) is 7.21. The highest BCUT2D eigenvalue weighted by atomic mass is 16.6. The van der Waals surface area contributed by atoms with Crippen molar-refractivity contribution in [2.45, 2.75) is 33.3 Å². The topological polar surface area (TPSA) is 59.2 Å². The van der Waals surface area contributed by atoms with E-state index in [1.165, 1.54) is 6.20 Å². The quantitative estimate of drug-likeness (QED) is 0.801. The number of hydrogen-bond acceptors (Lipinski definition) is 3. The Morgan fingerprint density at radius 1 is 1.26 bits per heavy atom. The van der Waals surface area contributed by atoms with Crippen LogP contribution in [0.25, 0.3) is 10.9 Å². The van der Waals surface area contributed by atoms with Gasteiger partial charge < -0.3 is 9.72 Å². The van der Waals surface area contributed by atoms with Crippen LogP contribution in [0.5, 0.6) is 0 Å². The highest BCUT2D eigenvalue weighted by Gasteiger charge is 2.21. The third-order valence-electron chi connectivity index (χ3n) is 2.66.